The standard InChI is InChI=1S/C29H28F3N3O3/c30-29(31,32)28(36,20-33-15-13-23(14-16-33)22-9-5-2-6-10-22)26-19-34(18-21-7-3-1-4-8-21)27-17-24(35(37)38)11-12-25(26)27/h1-12,17,19,23,36H,13-16,18,20H2. The molecule has 0 bridgehead atoms. The van der Waals surface area contributed by atoms with Gasteiger partial charge in [-0.15, -0.1) is 0 Å². The van der Waals surface area contributed by atoms with Crippen LogP contribution in [0.25, 0.3) is 10.9 Å². The van der Waals surface area contributed by atoms with E-state index < -0.39 is 23.2 Å². The molecule has 0 aliphatic carbocycles. The third-order valence-electron chi connectivity index (χ3n) is 7.50. The molecule has 0 amide bonds. The quantitative estimate of drug-likeness (QED) is 0.230. The Hall–Kier alpha value is -3.69. The van der Waals surface area contributed by atoms with Gasteiger partial charge in [-0.3, -0.25) is 15.0 Å². The van der Waals surface area contributed by atoms with E-state index in [0.29, 0.717) is 25.9 Å². The van der Waals surface area contributed by atoms with E-state index in [-0.39, 0.29) is 34.6 Å². The van der Waals surface area contributed by atoms with Gasteiger partial charge in [0.1, 0.15) is 0 Å². The number of rotatable bonds is 7. The summed E-state index contributed by atoms with van der Waals surface area (Å²) in [6, 6.07) is 22.8. The van der Waals surface area contributed by atoms with Crippen molar-refractivity contribution in [1.29, 1.82) is 0 Å². The molecule has 6 nitrogen and oxygen atoms in total. The van der Waals surface area contributed by atoms with Crippen LogP contribution in [0.15, 0.2) is 85.1 Å². The summed E-state index contributed by atoms with van der Waals surface area (Å²) < 4.78 is 45.5. The number of aliphatic hydroxyl groups is 1. The number of nitro groups is 1. The maximum atomic E-state index is 14.7. The number of nitro benzene ring substituents is 1. The summed E-state index contributed by atoms with van der Waals surface area (Å²) in [5.41, 5.74) is -1.41. The van der Waals surface area contributed by atoms with Crippen LogP contribution >= 0.6 is 0 Å². The third kappa shape index (κ3) is 5.04. The fraction of sp³-hybridized carbons (Fsp3) is 0.310. The molecule has 2 heterocycles. The van der Waals surface area contributed by atoms with E-state index in [2.05, 4.69) is 0 Å². The van der Waals surface area contributed by atoms with E-state index in [1.54, 1.807) is 9.47 Å². The van der Waals surface area contributed by atoms with Crippen molar-refractivity contribution in [3.8, 4) is 0 Å². The molecule has 4 aromatic rings. The average Bonchev–Trinajstić information content (AvgIpc) is 3.27. The van der Waals surface area contributed by atoms with E-state index >= 15 is 0 Å². The minimum absolute atomic E-state index is 0.144. The largest absolute Gasteiger partial charge is 0.422 e. The van der Waals surface area contributed by atoms with E-state index in [1.807, 2.05) is 60.7 Å². The molecule has 1 atom stereocenters. The van der Waals surface area contributed by atoms with Gasteiger partial charge in [0.2, 0.25) is 5.60 Å². The Morgan fingerprint density at radius 3 is 2.18 bits per heavy atom. The van der Waals surface area contributed by atoms with Crippen molar-refractivity contribution in [2.45, 2.75) is 37.1 Å². The van der Waals surface area contributed by atoms with Crippen LogP contribution in [0.3, 0.4) is 0 Å². The van der Waals surface area contributed by atoms with Crippen molar-refractivity contribution >= 4 is 16.6 Å². The summed E-state index contributed by atoms with van der Waals surface area (Å²) in [7, 11) is 0. The van der Waals surface area contributed by atoms with Gasteiger partial charge in [0.15, 0.2) is 0 Å². The number of fused-ring (bicyclic) bond motifs is 1. The number of piperidine rings is 1. The summed E-state index contributed by atoms with van der Waals surface area (Å²) in [4.78, 5) is 12.5. The lowest BCUT2D eigenvalue weighted by atomic mass is 9.87. The van der Waals surface area contributed by atoms with Gasteiger partial charge >= 0.3 is 6.18 Å². The summed E-state index contributed by atoms with van der Waals surface area (Å²) in [5, 5.41) is 23.0. The van der Waals surface area contributed by atoms with Crippen molar-refractivity contribution in [1.82, 2.24) is 9.47 Å². The second-order valence-electron chi connectivity index (χ2n) is 9.93. The first-order valence-corrected chi connectivity index (χ1v) is 12.5. The van der Waals surface area contributed by atoms with Gasteiger partial charge in [-0.1, -0.05) is 60.7 Å². The second kappa shape index (κ2) is 10.2. The Morgan fingerprint density at radius 2 is 1.58 bits per heavy atom. The molecule has 9 heteroatoms. The number of hydrogen-bond acceptors (Lipinski definition) is 4. The minimum atomic E-state index is -4.96. The number of alkyl halides is 3. The highest BCUT2D eigenvalue weighted by Crippen LogP contribution is 2.44. The molecule has 0 saturated carbocycles. The molecule has 198 valence electrons. The number of non-ortho nitro benzene ring substituents is 1. The van der Waals surface area contributed by atoms with E-state index in [9.17, 15) is 28.4 Å². The highest BCUT2D eigenvalue weighted by atomic mass is 19.4. The normalized spacial score (nSPS) is 16.9. The van der Waals surface area contributed by atoms with Crippen LogP contribution in [0.2, 0.25) is 0 Å². The Morgan fingerprint density at radius 1 is 0.947 bits per heavy atom. The van der Waals surface area contributed by atoms with Crippen LogP contribution in [-0.4, -0.2) is 45.3 Å². The third-order valence-corrected chi connectivity index (χ3v) is 7.50. The van der Waals surface area contributed by atoms with Gasteiger partial charge in [-0.2, -0.15) is 13.2 Å². The first kappa shape index (κ1) is 25.9. The molecule has 1 saturated heterocycles. The zero-order valence-electron chi connectivity index (χ0n) is 20.6. The molecule has 1 aliphatic heterocycles. The molecule has 1 aliphatic rings. The maximum Gasteiger partial charge on any atom is 0.422 e. The van der Waals surface area contributed by atoms with Gasteiger partial charge in [0, 0.05) is 42.4 Å². The predicted molar refractivity (Wildman–Crippen MR) is 139 cm³/mol. The first-order valence-electron chi connectivity index (χ1n) is 12.5. The number of nitrogens with zero attached hydrogens (tertiary/aromatic N) is 3. The van der Waals surface area contributed by atoms with Gasteiger partial charge in [0.25, 0.3) is 5.69 Å². The van der Waals surface area contributed by atoms with Crippen molar-refractivity contribution in [3.05, 3.63) is 112 Å². The van der Waals surface area contributed by atoms with Gasteiger partial charge < -0.3 is 9.67 Å². The summed E-state index contributed by atoms with van der Waals surface area (Å²) in [6.07, 6.45) is -2.28. The van der Waals surface area contributed by atoms with Crippen LogP contribution in [0, 0.1) is 10.1 Å². The zero-order valence-corrected chi connectivity index (χ0v) is 20.6. The first-order chi connectivity index (χ1) is 18.2. The molecule has 0 radical (unpaired) electrons. The molecule has 1 N–H and O–H groups in total. The molecule has 1 aromatic heterocycles. The molecular weight excluding hydrogens is 495 g/mol. The smallest absolute Gasteiger partial charge is 0.375 e. The molecule has 1 unspecified atom stereocenters. The lowest BCUT2D eigenvalue weighted by Crippen LogP contribution is -2.52. The van der Waals surface area contributed by atoms with Crippen molar-refractivity contribution in [2.24, 2.45) is 0 Å². The Bertz CT molecular complexity index is 1420. The summed E-state index contributed by atoms with van der Waals surface area (Å²) >= 11 is 0. The number of likely N-dealkylation sites (tertiary alicyclic amines) is 1. The summed E-state index contributed by atoms with van der Waals surface area (Å²) in [5.74, 6) is 0.264. The number of benzene rings is 3. The van der Waals surface area contributed by atoms with Crippen molar-refractivity contribution < 1.29 is 23.2 Å². The molecule has 5 rings (SSSR count). The van der Waals surface area contributed by atoms with Crippen LogP contribution in [0.1, 0.15) is 35.4 Å². The van der Waals surface area contributed by atoms with E-state index in [0.717, 1.165) is 5.56 Å². The van der Waals surface area contributed by atoms with E-state index in [4.69, 9.17) is 0 Å². The monoisotopic (exact) mass is 523 g/mol. The van der Waals surface area contributed by atoms with Gasteiger partial charge in [-0.05, 0) is 49.0 Å². The van der Waals surface area contributed by atoms with Crippen LogP contribution in [0.4, 0.5) is 18.9 Å². The van der Waals surface area contributed by atoms with Crippen LogP contribution < -0.4 is 0 Å². The van der Waals surface area contributed by atoms with Crippen LogP contribution in [-0.2, 0) is 12.1 Å². The SMILES string of the molecule is O=[N+]([O-])c1ccc2c(C(O)(CN3CCC(c4ccccc4)CC3)C(F)(F)F)cn(Cc3ccccc3)c2c1. The van der Waals surface area contributed by atoms with Gasteiger partial charge in [-0.25, -0.2) is 0 Å². The average molecular weight is 524 g/mol. The fourth-order valence-corrected chi connectivity index (χ4v) is 5.44. The molecule has 38 heavy (non-hydrogen) atoms. The lowest BCUT2D eigenvalue weighted by molar-refractivity contribution is -0.384. The van der Waals surface area contributed by atoms with Crippen molar-refractivity contribution in [3.63, 3.8) is 0 Å². The second-order valence-corrected chi connectivity index (χ2v) is 9.93. The number of aromatic nitrogens is 1. The fourth-order valence-electron chi connectivity index (χ4n) is 5.44. The van der Waals surface area contributed by atoms with Crippen LogP contribution in [0.5, 0.6) is 0 Å². The lowest BCUT2D eigenvalue weighted by Gasteiger charge is -2.39. The molecular formula is C29H28F3N3O3. The van der Waals surface area contributed by atoms with Gasteiger partial charge in [0.05, 0.1) is 10.4 Å². The highest BCUT2D eigenvalue weighted by Gasteiger charge is 2.57. The Balaban J connectivity index is 1.50. The summed E-state index contributed by atoms with van der Waals surface area (Å²) in [6.45, 7) is 0.437. The Labute approximate surface area is 218 Å². The number of β-amino-alcohol motifs (C(OH)–C–C–N with tert-alkyl or cyclic N) is 1. The zero-order chi connectivity index (χ0) is 26.9. The number of halogens is 3. The topological polar surface area (TPSA) is 71.5 Å². The predicted octanol–water partition coefficient (Wildman–Crippen LogP) is 6.23. The highest BCUT2D eigenvalue weighted by molar-refractivity contribution is 5.87. The van der Waals surface area contributed by atoms with Crippen molar-refractivity contribution in [2.75, 3.05) is 19.6 Å². The Kier molecular flexibility index (Phi) is 6.98. The number of hydrogen-bond donors (Lipinski definition) is 1. The molecule has 3 aromatic carbocycles. The molecule has 1 fully saturated rings. The van der Waals surface area contributed by atoms with E-state index in [1.165, 1.54) is 30.0 Å². The maximum absolute atomic E-state index is 14.7. The minimum Gasteiger partial charge on any atom is -0.375 e. The molecule has 0 spiro atoms.